The number of hydrogen-bond donors (Lipinski definition) is 1. The lowest BCUT2D eigenvalue weighted by Crippen LogP contribution is -2.41. The molecule has 0 fully saturated rings. The third-order valence-electron chi connectivity index (χ3n) is 4.54. The van der Waals surface area contributed by atoms with Crippen LogP contribution in [0.25, 0.3) is 11.4 Å². The van der Waals surface area contributed by atoms with Crippen molar-refractivity contribution >= 4 is 23.6 Å². The van der Waals surface area contributed by atoms with Crippen molar-refractivity contribution in [2.75, 3.05) is 23.4 Å². The third-order valence-corrected chi connectivity index (χ3v) is 4.54. The first-order chi connectivity index (χ1) is 14.8. The van der Waals surface area contributed by atoms with Crippen LogP contribution in [-0.2, 0) is 4.74 Å². The summed E-state index contributed by atoms with van der Waals surface area (Å²) in [5.74, 6) is 0.905. The molecule has 0 bridgehead atoms. The molecule has 0 atom stereocenters. The van der Waals surface area contributed by atoms with E-state index in [4.69, 9.17) is 9.47 Å². The van der Waals surface area contributed by atoms with Crippen LogP contribution >= 0.6 is 0 Å². The Morgan fingerprint density at radius 1 is 1.06 bits per heavy atom. The van der Waals surface area contributed by atoms with Gasteiger partial charge in [0.05, 0.1) is 17.9 Å². The molecule has 0 aliphatic carbocycles. The Labute approximate surface area is 180 Å². The number of nitrogens with one attached hydrogen (secondary N) is 1. The van der Waals surface area contributed by atoms with E-state index in [-0.39, 0.29) is 6.03 Å². The van der Waals surface area contributed by atoms with Gasteiger partial charge >= 0.3 is 12.1 Å². The van der Waals surface area contributed by atoms with Crippen LogP contribution < -0.4 is 15.0 Å². The van der Waals surface area contributed by atoms with Gasteiger partial charge < -0.3 is 14.8 Å². The number of urea groups is 1. The maximum absolute atomic E-state index is 12.9. The normalized spacial score (nSPS) is 13.2. The van der Waals surface area contributed by atoms with Gasteiger partial charge in [-0.3, -0.25) is 9.47 Å². The van der Waals surface area contributed by atoms with Crippen molar-refractivity contribution < 1.29 is 19.1 Å². The average Bonchev–Trinajstić information content (AvgIpc) is 3.22. The van der Waals surface area contributed by atoms with Gasteiger partial charge in [0.2, 0.25) is 0 Å². The Morgan fingerprint density at radius 2 is 1.84 bits per heavy atom. The van der Waals surface area contributed by atoms with Gasteiger partial charge in [-0.25, -0.2) is 14.6 Å². The molecule has 0 spiro atoms. The topological polar surface area (TPSA) is 85.7 Å². The highest BCUT2D eigenvalue weighted by Gasteiger charge is 2.27. The SMILES string of the molecule is CC(C)(C)OC(=O)n1cccc1-c1ccc2c(n1)N(C(=O)Nc1ccccc1)CCO2. The number of carbonyl (C=O) groups is 2. The summed E-state index contributed by atoms with van der Waals surface area (Å²) in [6.45, 7) is 6.16. The Hall–Kier alpha value is -3.81. The lowest BCUT2D eigenvalue weighted by atomic mass is 10.2. The van der Waals surface area contributed by atoms with E-state index >= 15 is 0 Å². The van der Waals surface area contributed by atoms with Crippen molar-refractivity contribution in [2.24, 2.45) is 0 Å². The van der Waals surface area contributed by atoms with Crippen LogP contribution in [0.15, 0.2) is 60.8 Å². The van der Waals surface area contributed by atoms with E-state index in [1.807, 2.05) is 51.1 Å². The summed E-state index contributed by atoms with van der Waals surface area (Å²) in [6.07, 6.45) is 1.13. The van der Waals surface area contributed by atoms with Crippen molar-refractivity contribution in [3.8, 4) is 17.1 Å². The third kappa shape index (κ3) is 4.53. The molecule has 8 nitrogen and oxygen atoms in total. The highest BCUT2D eigenvalue weighted by molar-refractivity contribution is 6.02. The second-order valence-electron chi connectivity index (χ2n) is 8.06. The molecule has 8 heteroatoms. The van der Waals surface area contributed by atoms with Crippen molar-refractivity contribution in [1.29, 1.82) is 0 Å². The number of nitrogens with zero attached hydrogens (tertiary/aromatic N) is 3. The molecular weight excluding hydrogens is 396 g/mol. The fourth-order valence-corrected chi connectivity index (χ4v) is 3.21. The van der Waals surface area contributed by atoms with Crippen molar-refractivity contribution in [2.45, 2.75) is 26.4 Å². The van der Waals surface area contributed by atoms with E-state index < -0.39 is 11.7 Å². The Kier molecular flexibility index (Phi) is 5.37. The van der Waals surface area contributed by atoms with Gasteiger partial charge in [0, 0.05) is 11.9 Å². The van der Waals surface area contributed by atoms with E-state index in [1.54, 1.807) is 30.5 Å². The smallest absolute Gasteiger partial charge is 0.419 e. The number of fused-ring (bicyclic) bond motifs is 1. The summed E-state index contributed by atoms with van der Waals surface area (Å²) in [6, 6.07) is 15.9. The van der Waals surface area contributed by atoms with Crippen LogP contribution in [0, 0.1) is 0 Å². The number of pyridine rings is 1. The highest BCUT2D eigenvalue weighted by atomic mass is 16.6. The molecule has 1 N–H and O–H groups in total. The fourth-order valence-electron chi connectivity index (χ4n) is 3.21. The van der Waals surface area contributed by atoms with E-state index in [0.717, 1.165) is 0 Å². The summed E-state index contributed by atoms with van der Waals surface area (Å²) in [7, 11) is 0. The summed E-state index contributed by atoms with van der Waals surface area (Å²) >= 11 is 0. The average molecular weight is 420 g/mol. The fraction of sp³-hybridized carbons (Fsp3) is 0.261. The molecule has 1 aliphatic heterocycles. The molecule has 160 valence electrons. The quantitative estimate of drug-likeness (QED) is 0.646. The molecule has 1 aromatic carbocycles. The molecule has 31 heavy (non-hydrogen) atoms. The van der Waals surface area contributed by atoms with Crippen LogP contribution in [0.4, 0.5) is 21.1 Å². The Bertz CT molecular complexity index is 1100. The molecule has 0 radical (unpaired) electrons. The maximum Gasteiger partial charge on any atom is 0.419 e. The number of para-hydroxylation sites is 1. The number of rotatable bonds is 2. The number of ether oxygens (including phenoxy) is 2. The Balaban J connectivity index is 1.64. The van der Waals surface area contributed by atoms with Crippen LogP contribution in [0.5, 0.6) is 5.75 Å². The highest BCUT2D eigenvalue weighted by Crippen LogP contribution is 2.33. The van der Waals surface area contributed by atoms with Crippen molar-refractivity contribution in [3.63, 3.8) is 0 Å². The minimum Gasteiger partial charge on any atom is -0.488 e. The molecule has 0 saturated carbocycles. The predicted octanol–water partition coefficient (Wildman–Crippen LogP) is 4.76. The second kappa shape index (κ2) is 8.14. The number of hydrogen-bond acceptors (Lipinski definition) is 5. The molecule has 2 amide bonds. The van der Waals surface area contributed by atoms with Crippen molar-refractivity contribution in [1.82, 2.24) is 9.55 Å². The number of anilines is 2. The van der Waals surface area contributed by atoms with E-state index in [9.17, 15) is 9.59 Å². The number of benzene rings is 1. The van der Waals surface area contributed by atoms with Gasteiger partial charge in [-0.15, -0.1) is 0 Å². The molecule has 3 heterocycles. The zero-order valence-electron chi connectivity index (χ0n) is 17.7. The zero-order valence-corrected chi connectivity index (χ0v) is 17.7. The first-order valence-corrected chi connectivity index (χ1v) is 10.0. The molecule has 3 aromatic rings. The second-order valence-corrected chi connectivity index (χ2v) is 8.06. The molecule has 0 saturated heterocycles. The number of aromatic nitrogens is 2. The lowest BCUT2D eigenvalue weighted by molar-refractivity contribution is 0.0540. The minimum absolute atomic E-state index is 0.303. The summed E-state index contributed by atoms with van der Waals surface area (Å²) < 4.78 is 12.6. The molecule has 1 aliphatic rings. The van der Waals surface area contributed by atoms with Crippen molar-refractivity contribution in [3.05, 3.63) is 60.8 Å². The van der Waals surface area contributed by atoms with Crippen LogP contribution in [0.1, 0.15) is 20.8 Å². The van der Waals surface area contributed by atoms with Gasteiger partial charge in [0.15, 0.2) is 11.6 Å². The molecule has 4 rings (SSSR count). The maximum atomic E-state index is 12.9. The monoisotopic (exact) mass is 420 g/mol. The van der Waals surface area contributed by atoms with E-state index in [1.165, 1.54) is 9.47 Å². The summed E-state index contributed by atoms with van der Waals surface area (Å²) in [5, 5.41) is 2.87. The zero-order chi connectivity index (χ0) is 22.0. The first kappa shape index (κ1) is 20.5. The van der Waals surface area contributed by atoms with Gasteiger partial charge in [0.1, 0.15) is 12.2 Å². The molecular formula is C23H24N4O4. The lowest BCUT2D eigenvalue weighted by Gasteiger charge is -2.29. The van der Waals surface area contributed by atoms with E-state index in [2.05, 4.69) is 10.3 Å². The molecule has 0 unspecified atom stereocenters. The van der Waals surface area contributed by atoms with Gasteiger partial charge in [-0.1, -0.05) is 18.2 Å². The largest absolute Gasteiger partial charge is 0.488 e. The van der Waals surface area contributed by atoms with Crippen LogP contribution in [0.2, 0.25) is 0 Å². The molecule has 2 aromatic heterocycles. The minimum atomic E-state index is -0.623. The van der Waals surface area contributed by atoms with Gasteiger partial charge in [0.25, 0.3) is 0 Å². The van der Waals surface area contributed by atoms with Gasteiger partial charge in [-0.05, 0) is 57.2 Å². The summed E-state index contributed by atoms with van der Waals surface area (Å²) in [5.41, 5.74) is 1.15. The number of carbonyl (C=O) groups excluding carboxylic acids is 2. The first-order valence-electron chi connectivity index (χ1n) is 10.0. The predicted molar refractivity (Wildman–Crippen MR) is 118 cm³/mol. The van der Waals surface area contributed by atoms with Crippen LogP contribution in [0.3, 0.4) is 0 Å². The van der Waals surface area contributed by atoms with E-state index in [0.29, 0.717) is 41.8 Å². The van der Waals surface area contributed by atoms with Crippen LogP contribution in [-0.4, -0.2) is 40.4 Å². The standard InChI is InChI=1S/C23H24N4O4/c1-23(2,3)31-22(29)26-13-7-10-18(26)17-11-12-19-20(25-17)27(14-15-30-19)21(28)24-16-8-5-4-6-9-16/h4-13H,14-15H2,1-3H3,(H,24,28). The Morgan fingerprint density at radius 3 is 2.58 bits per heavy atom. The number of amides is 2. The van der Waals surface area contributed by atoms with Gasteiger partial charge in [-0.2, -0.15) is 0 Å². The summed E-state index contributed by atoms with van der Waals surface area (Å²) in [4.78, 5) is 31.7.